The molecule has 1 aliphatic heterocycles. The van der Waals surface area contributed by atoms with Crippen LogP contribution in [0.25, 0.3) is 10.2 Å². The van der Waals surface area contributed by atoms with Crippen LogP contribution < -0.4 is 0 Å². The van der Waals surface area contributed by atoms with E-state index in [0.29, 0.717) is 29.2 Å². The summed E-state index contributed by atoms with van der Waals surface area (Å²) in [6.45, 7) is 3.30. The van der Waals surface area contributed by atoms with E-state index < -0.39 is 9.84 Å². The SMILES string of the molecule is Cc1ccc(C2CCN(C(=O)CCS(=O)(=O)c3cccc4ncsc34)CC2)nc1. The van der Waals surface area contributed by atoms with Crippen LogP contribution in [0.15, 0.2) is 46.9 Å². The largest absolute Gasteiger partial charge is 0.343 e. The van der Waals surface area contributed by atoms with Gasteiger partial charge >= 0.3 is 0 Å². The average molecular weight is 430 g/mol. The molecule has 0 aliphatic carbocycles. The van der Waals surface area contributed by atoms with Crippen LogP contribution >= 0.6 is 11.3 Å². The zero-order valence-electron chi connectivity index (χ0n) is 16.2. The lowest BCUT2D eigenvalue weighted by atomic mass is 9.92. The average Bonchev–Trinajstić information content (AvgIpc) is 3.21. The number of thiazole rings is 1. The van der Waals surface area contributed by atoms with Crippen molar-refractivity contribution in [2.24, 2.45) is 0 Å². The second kappa shape index (κ2) is 8.20. The van der Waals surface area contributed by atoms with Gasteiger partial charge in [-0.2, -0.15) is 0 Å². The van der Waals surface area contributed by atoms with Gasteiger partial charge in [-0.3, -0.25) is 9.78 Å². The van der Waals surface area contributed by atoms with Crippen molar-refractivity contribution in [2.75, 3.05) is 18.8 Å². The first kappa shape index (κ1) is 20.0. The number of aryl methyl sites for hydroxylation is 1. The van der Waals surface area contributed by atoms with E-state index in [9.17, 15) is 13.2 Å². The Morgan fingerprint density at radius 3 is 2.69 bits per heavy atom. The molecular weight excluding hydrogens is 406 g/mol. The maximum Gasteiger partial charge on any atom is 0.223 e. The highest BCUT2D eigenvalue weighted by Gasteiger charge is 2.26. The summed E-state index contributed by atoms with van der Waals surface area (Å²) in [5.74, 6) is 0.0788. The van der Waals surface area contributed by atoms with Crippen molar-refractivity contribution in [1.82, 2.24) is 14.9 Å². The monoisotopic (exact) mass is 429 g/mol. The van der Waals surface area contributed by atoms with E-state index in [2.05, 4.69) is 22.1 Å². The molecule has 1 aromatic carbocycles. The zero-order valence-corrected chi connectivity index (χ0v) is 17.9. The summed E-state index contributed by atoms with van der Waals surface area (Å²) < 4.78 is 26.3. The lowest BCUT2D eigenvalue weighted by Crippen LogP contribution is -2.38. The van der Waals surface area contributed by atoms with Gasteiger partial charge in [0.15, 0.2) is 9.84 Å². The molecule has 2 aromatic heterocycles. The molecule has 0 bridgehead atoms. The molecular formula is C21H23N3O3S2. The number of carbonyl (C=O) groups is 1. The van der Waals surface area contributed by atoms with E-state index in [-0.39, 0.29) is 23.0 Å². The van der Waals surface area contributed by atoms with Crippen molar-refractivity contribution in [2.45, 2.75) is 37.0 Å². The Morgan fingerprint density at radius 1 is 1.17 bits per heavy atom. The molecule has 0 N–H and O–H groups in total. The fourth-order valence-corrected chi connectivity index (χ4v) is 6.30. The molecule has 0 atom stereocenters. The molecule has 6 nitrogen and oxygen atoms in total. The van der Waals surface area contributed by atoms with Gasteiger partial charge in [0.05, 0.1) is 26.4 Å². The van der Waals surface area contributed by atoms with Crippen LogP contribution in [-0.2, 0) is 14.6 Å². The normalized spacial score (nSPS) is 15.7. The van der Waals surface area contributed by atoms with Gasteiger partial charge in [0, 0.05) is 37.3 Å². The van der Waals surface area contributed by atoms with Crippen molar-refractivity contribution < 1.29 is 13.2 Å². The number of rotatable bonds is 5. The smallest absolute Gasteiger partial charge is 0.223 e. The summed E-state index contributed by atoms with van der Waals surface area (Å²) in [4.78, 5) is 23.4. The van der Waals surface area contributed by atoms with Crippen molar-refractivity contribution in [3.8, 4) is 0 Å². The fraction of sp³-hybridized carbons (Fsp3) is 0.381. The quantitative estimate of drug-likeness (QED) is 0.619. The third kappa shape index (κ3) is 4.33. The molecule has 0 saturated carbocycles. The predicted molar refractivity (Wildman–Crippen MR) is 114 cm³/mol. The molecule has 0 spiro atoms. The van der Waals surface area contributed by atoms with Gasteiger partial charge in [0.2, 0.25) is 5.91 Å². The molecule has 1 saturated heterocycles. The molecule has 152 valence electrons. The van der Waals surface area contributed by atoms with Crippen molar-refractivity contribution in [3.05, 3.63) is 53.3 Å². The summed E-state index contributed by atoms with van der Waals surface area (Å²) >= 11 is 1.31. The number of likely N-dealkylation sites (tertiary alicyclic amines) is 1. The molecule has 0 unspecified atom stereocenters. The van der Waals surface area contributed by atoms with Gasteiger partial charge in [-0.1, -0.05) is 12.1 Å². The Bertz CT molecular complexity index is 1120. The number of hydrogen-bond acceptors (Lipinski definition) is 6. The van der Waals surface area contributed by atoms with Gasteiger partial charge in [-0.15, -0.1) is 11.3 Å². The summed E-state index contributed by atoms with van der Waals surface area (Å²) in [6, 6.07) is 9.21. The van der Waals surface area contributed by atoms with Crippen LogP contribution in [0.2, 0.25) is 0 Å². The van der Waals surface area contributed by atoms with Crippen molar-refractivity contribution in [1.29, 1.82) is 0 Å². The van der Waals surface area contributed by atoms with Crippen LogP contribution in [0.3, 0.4) is 0 Å². The van der Waals surface area contributed by atoms with Crippen molar-refractivity contribution in [3.63, 3.8) is 0 Å². The number of fused-ring (bicyclic) bond motifs is 1. The van der Waals surface area contributed by atoms with E-state index in [1.807, 2.05) is 13.1 Å². The summed E-state index contributed by atoms with van der Waals surface area (Å²) in [6.07, 6.45) is 3.59. The predicted octanol–water partition coefficient (Wildman–Crippen LogP) is 3.57. The summed E-state index contributed by atoms with van der Waals surface area (Å²) in [5, 5.41) is 0. The Morgan fingerprint density at radius 2 is 1.97 bits per heavy atom. The van der Waals surface area contributed by atoms with E-state index in [1.165, 1.54) is 11.3 Å². The van der Waals surface area contributed by atoms with Crippen molar-refractivity contribution >= 4 is 37.3 Å². The molecule has 4 rings (SSSR count). The maximum absolute atomic E-state index is 12.8. The number of pyridine rings is 1. The van der Waals surface area contributed by atoms with Gasteiger partial charge < -0.3 is 4.90 Å². The minimum atomic E-state index is -3.54. The molecule has 3 heterocycles. The highest BCUT2D eigenvalue weighted by Crippen LogP contribution is 2.29. The summed E-state index contributed by atoms with van der Waals surface area (Å²) in [5.41, 5.74) is 4.52. The molecule has 1 aliphatic rings. The number of amides is 1. The van der Waals surface area contributed by atoms with Crippen LogP contribution in [0.1, 0.15) is 36.4 Å². The van der Waals surface area contributed by atoms with Crippen LogP contribution in [-0.4, -0.2) is 48.0 Å². The molecule has 1 amide bonds. The zero-order chi connectivity index (χ0) is 20.4. The van der Waals surface area contributed by atoms with E-state index in [4.69, 9.17) is 0 Å². The van der Waals surface area contributed by atoms with E-state index >= 15 is 0 Å². The number of benzene rings is 1. The van der Waals surface area contributed by atoms with Gasteiger partial charge in [0.1, 0.15) is 0 Å². The van der Waals surface area contributed by atoms with Crippen LogP contribution in [0, 0.1) is 6.92 Å². The lowest BCUT2D eigenvalue weighted by molar-refractivity contribution is -0.131. The minimum Gasteiger partial charge on any atom is -0.343 e. The van der Waals surface area contributed by atoms with E-state index in [0.717, 1.165) is 24.1 Å². The van der Waals surface area contributed by atoms with Crippen LogP contribution in [0.5, 0.6) is 0 Å². The van der Waals surface area contributed by atoms with Gasteiger partial charge in [0.25, 0.3) is 0 Å². The fourth-order valence-electron chi connectivity index (χ4n) is 3.74. The molecule has 0 radical (unpaired) electrons. The molecule has 8 heteroatoms. The maximum atomic E-state index is 12.8. The number of hydrogen-bond donors (Lipinski definition) is 0. The Hall–Kier alpha value is -2.32. The minimum absolute atomic E-state index is 0.00493. The molecule has 29 heavy (non-hydrogen) atoms. The second-order valence-corrected chi connectivity index (χ2v) is 10.4. The number of nitrogens with zero attached hydrogens (tertiary/aromatic N) is 3. The Kier molecular flexibility index (Phi) is 5.65. The standard InChI is InChI=1S/C21H23N3O3S2/c1-15-5-6-17(22-13-15)16-7-10-24(11-8-16)20(25)9-12-29(26,27)19-4-2-3-18-21(19)28-14-23-18/h2-6,13-14,16H,7-12H2,1H3. The number of aromatic nitrogens is 2. The van der Waals surface area contributed by atoms with Gasteiger partial charge in [-0.05, 0) is 43.5 Å². The van der Waals surface area contributed by atoms with Gasteiger partial charge in [-0.25, -0.2) is 13.4 Å². The molecule has 3 aromatic rings. The molecule has 1 fully saturated rings. The Labute approximate surface area is 174 Å². The first-order chi connectivity index (χ1) is 13.9. The van der Waals surface area contributed by atoms with Crippen LogP contribution in [0.4, 0.5) is 0 Å². The topological polar surface area (TPSA) is 80.2 Å². The lowest BCUT2D eigenvalue weighted by Gasteiger charge is -2.31. The highest BCUT2D eigenvalue weighted by molar-refractivity contribution is 7.91. The first-order valence-electron chi connectivity index (χ1n) is 9.69. The number of carbonyl (C=O) groups excluding carboxylic acids is 1. The number of piperidine rings is 1. The van der Waals surface area contributed by atoms with E-state index in [1.54, 1.807) is 28.6 Å². The highest BCUT2D eigenvalue weighted by atomic mass is 32.2. The Balaban J connectivity index is 1.35. The number of sulfone groups is 1. The first-order valence-corrected chi connectivity index (χ1v) is 12.2. The summed E-state index contributed by atoms with van der Waals surface area (Å²) in [7, 11) is -3.54. The third-order valence-corrected chi connectivity index (χ3v) is 8.20. The third-order valence-electron chi connectivity index (χ3n) is 5.44. The second-order valence-electron chi connectivity index (χ2n) is 7.44.